The van der Waals surface area contributed by atoms with Gasteiger partial charge in [-0.15, -0.1) is 0 Å². The van der Waals surface area contributed by atoms with Gasteiger partial charge in [-0.3, -0.25) is 19.7 Å². The maximum Gasteiger partial charge on any atom is 0.254 e. The van der Waals surface area contributed by atoms with E-state index in [1.165, 1.54) is 24.1 Å². The molecule has 0 spiro atoms. The Balaban J connectivity index is 2.35. The van der Waals surface area contributed by atoms with Gasteiger partial charge in [0.15, 0.2) is 11.5 Å². The molecule has 1 aliphatic heterocycles. The number of methoxy groups -OCH3 is 1. The lowest BCUT2D eigenvalue weighted by Crippen LogP contribution is -2.44. The summed E-state index contributed by atoms with van der Waals surface area (Å²) >= 11 is 6.19. The minimum absolute atomic E-state index is 0.0414. The predicted octanol–water partition coefficient (Wildman–Crippen LogP) is 1.62. The second kappa shape index (κ2) is 7.53. The number of carbonyl (C=O) groups excluding carboxylic acids is 3. The van der Waals surface area contributed by atoms with Gasteiger partial charge in [0.2, 0.25) is 11.8 Å². The van der Waals surface area contributed by atoms with E-state index < -0.39 is 23.8 Å². The first-order valence-corrected chi connectivity index (χ1v) is 7.95. The highest BCUT2D eigenvalue weighted by Crippen LogP contribution is 2.37. The number of imide groups is 1. The Morgan fingerprint density at radius 2 is 2.08 bits per heavy atom. The van der Waals surface area contributed by atoms with E-state index in [4.69, 9.17) is 21.1 Å². The molecule has 1 N–H and O–H groups in total. The summed E-state index contributed by atoms with van der Waals surface area (Å²) in [6, 6.07) is 2.16. The highest BCUT2D eigenvalue weighted by atomic mass is 35.5. The standard InChI is InChI=1S/C16H19ClN2O5/c1-4-19(11-8-13(20)18-15(11)21)16(22)9-6-10(17)14(24-5-2)12(7-9)23-3/h6-7,11H,4-5,8H2,1-3H3,(H,18,20,21). The largest absolute Gasteiger partial charge is 0.493 e. The van der Waals surface area contributed by atoms with Crippen LogP contribution in [0.4, 0.5) is 0 Å². The lowest BCUT2D eigenvalue weighted by Gasteiger charge is -2.25. The third-order valence-corrected chi connectivity index (χ3v) is 3.97. The van der Waals surface area contributed by atoms with Gasteiger partial charge in [-0.1, -0.05) is 11.6 Å². The Morgan fingerprint density at radius 1 is 1.38 bits per heavy atom. The summed E-state index contributed by atoms with van der Waals surface area (Å²) in [5.74, 6) is -0.584. The third kappa shape index (κ3) is 3.46. The van der Waals surface area contributed by atoms with Crippen LogP contribution in [0.1, 0.15) is 30.6 Å². The summed E-state index contributed by atoms with van der Waals surface area (Å²) in [6.07, 6.45) is -0.0414. The van der Waals surface area contributed by atoms with Crippen molar-refractivity contribution < 1.29 is 23.9 Å². The van der Waals surface area contributed by atoms with Crippen LogP contribution in [0.25, 0.3) is 0 Å². The van der Waals surface area contributed by atoms with Crippen molar-refractivity contribution in [1.82, 2.24) is 10.2 Å². The van der Waals surface area contributed by atoms with Crippen LogP contribution in [-0.4, -0.2) is 48.9 Å². The topological polar surface area (TPSA) is 84.9 Å². The molecule has 0 saturated carbocycles. The predicted molar refractivity (Wildman–Crippen MR) is 87.4 cm³/mol. The number of nitrogens with zero attached hydrogens (tertiary/aromatic N) is 1. The van der Waals surface area contributed by atoms with Crippen LogP contribution in [0.5, 0.6) is 11.5 Å². The number of hydrogen-bond donors (Lipinski definition) is 1. The molecule has 7 nitrogen and oxygen atoms in total. The zero-order valence-corrected chi connectivity index (χ0v) is 14.5. The minimum Gasteiger partial charge on any atom is -0.493 e. The van der Waals surface area contributed by atoms with E-state index in [9.17, 15) is 14.4 Å². The molecule has 0 radical (unpaired) electrons. The molecule has 1 aromatic rings. The maximum atomic E-state index is 12.8. The highest BCUT2D eigenvalue weighted by molar-refractivity contribution is 6.32. The summed E-state index contributed by atoms with van der Waals surface area (Å²) in [5, 5.41) is 2.44. The van der Waals surface area contributed by atoms with E-state index in [0.29, 0.717) is 18.1 Å². The van der Waals surface area contributed by atoms with E-state index in [2.05, 4.69) is 5.32 Å². The second-order valence-corrected chi connectivity index (χ2v) is 5.55. The number of halogens is 1. The van der Waals surface area contributed by atoms with Crippen LogP contribution < -0.4 is 14.8 Å². The molecule has 1 heterocycles. The van der Waals surface area contributed by atoms with Crippen LogP contribution in [0.2, 0.25) is 5.02 Å². The number of carbonyl (C=O) groups is 3. The molecule has 0 aliphatic carbocycles. The zero-order chi connectivity index (χ0) is 17.9. The molecule has 24 heavy (non-hydrogen) atoms. The minimum atomic E-state index is -0.814. The van der Waals surface area contributed by atoms with Gasteiger partial charge >= 0.3 is 0 Å². The average molecular weight is 355 g/mol. The molecule has 1 aromatic carbocycles. The van der Waals surface area contributed by atoms with Gasteiger partial charge < -0.3 is 14.4 Å². The molecular formula is C16H19ClN2O5. The molecule has 1 unspecified atom stereocenters. The number of ether oxygens (including phenoxy) is 2. The fourth-order valence-corrected chi connectivity index (χ4v) is 2.86. The van der Waals surface area contributed by atoms with E-state index in [1.54, 1.807) is 6.92 Å². The van der Waals surface area contributed by atoms with Crippen LogP contribution in [0.3, 0.4) is 0 Å². The Morgan fingerprint density at radius 3 is 2.58 bits per heavy atom. The van der Waals surface area contributed by atoms with Gasteiger partial charge in [-0.2, -0.15) is 0 Å². The quantitative estimate of drug-likeness (QED) is 0.785. The number of benzene rings is 1. The fraction of sp³-hybridized carbons (Fsp3) is 0.438. The first-order chi connectivity index (χ1) is 11.4. The van der Waals surface area contributed by atoms with Crippen LogP contribution in [-0.2, 0) is 9.59 Å². The van der Waals surface area contributed by atoms with Crippen LogP contribution >= 0.6 is 11.6 Å². The van der Waals surface area contributed by atoms with Gasteiger partial charge in [-0.25, -0.2) is 0 Å². The fourth-order valence-electron chi connectivity index (χ4n) is 2.59. The van der Waals surface area contributed by atoms with Gasteiger partial charge in [0.05, 0.1) is 25.2 Å². The van der Waals surface area contributed by atoms with Crippen molar-refractivity contribution in [2.45, 2.75) is 26.3 Å². The molecule has 130 valence electrons. The summed E-state index contributed by atoms with van der Waals surface area (Å²) in [7, 11) is 1.45. The van der Waals surface area contributed by atoms with Crippen molar-refractivity contribution in [2.75, 3.05) is 20.3 Å². The monoisotopic (exact) mass is 354 g/mol. The molecule has 0 bridgehead atoms. The van der Waals surface area contributed by atoms with Gasteiger partial charge in [0.25, 0.3) is 5.91 Å². The summed E-state index contributed by atoms with van der Waals surface area (Å²) in [5.41, 5.74) is 0.259. The molecule has 8 heteroatoms. The van der Waals surface area contributed by atoms with Crippen molar-refractivity contribution in [3.05, 3.63) is 22.7 Å². The smallest absolute Gasteiger partial charge is 0.254 e. The van der Waals surface area contributed by atoms with Gasteiger partial charge in [-0.05, 0) is 26.0 Å². The Hall–Kier alpha value is -2.28. The molecular weight excluding hydrogens is 336 g/mol. The molecule has 1 atom stereocenters. The van der Waals surface area contributed by atoms with Crippen molar-refractivity contribution in [2.24, 2.45) is 0 Å². The van der Waals surface area contributed by atoms with Crippen molar-refractivity contribution in [3.63, 3.8) is 0 Å². The lowest BCUT2D eigenvalue weighted by molar-refractivity contribution is -0.126. The Kier molecular flexibility index (Phi) is 5.66. The molecule has 2 rings (SSSR count). The van der Waals surface area contributed by atoms with Gasteiger partial charge in [0, 0.05) is 12.1 Å². The van der Waals surface area contributed by atoms with Crippen molar-refractivity contribution >= 4 is 29.3 Å². The number of hydrogen-bond acceptors (Lipinski definition) is 5. The molecule has 1 aliphatic rings. The van der Waals surface area contributed by atoms with E-state index >= 15 is 0 Å². The SMILES string of the molecule is CCOc1c(Cl)cc(C(=O)N(CC)C2CC(=O)NC2=O)cc1OC. The summed E-state index contributed by atoms with van der Waals surface area (Å²) < 4.78 is 10.7. The van der Waals surface area contributed by atoms with E-state index in [1.807, 2.05) is 6.92 Å². The number of likely N-dealkylation sites (N-methyl/N-ethyl adjacent to an activating group) is 1. The molecule has 3 amide bonds. The first-order valence-electron chi connectivity index (χ1n) is 7.57. The summed E-state index contributed by atoms with van der Waals surface area (Å²) in [6.45, 7) is 4.22. The van der Waals surface area contributed by atoms with Gasteiger partial charge in [0.1, 0.15) is 6.04 Å². The number of rotatable bonds is 6. The van der Waals surface area contributed by atoms with Crippen LogP contribution in [0, 0.1) is 0 Å². The zero-order valence-electron chi connectivity index (χ0n) is 13.7. The number of amides is 3. The van der Waals surface area contributed by atoms with Crippen molar-refractivity contribution in [1.29, 1.82) is 0 Å². The van der Waals surface area contributed by atoms with Crippen molar-refractivity contribution in [3.8, 4) is 11.5 Å². The normalized spacial score (nSPS) is 16.8. The highest BCUT2D eigenvalue weighted by Gasteiger charge is 2.37. The van der Waals surface area contributed by atoms with E-state index in [-0.39, 0.29) is 23.6 Å². The second-order valence-electron chi connectivity index (χ2n) is 5.15. The Labute approximate surface area is 144 Å². The lowest BCUT2D eigenvalue weighted by atomic mass is 10.1. The Bertz CT molecular complexity index is 677. The first kappa shape index (κ1) is 18.1. The third-order valence-electron chi connectivity index (χ3n) is 3.69. The number of nitrogens with one attached hydrogen (secondary N) is 1. The summed E-state index contributed by atoms with van der Waals surface area (Å²) in [4.78, 5) is 37.4. The maximum absolute atomic E-state index is 12.8. The molecule has 1 fully saturated rings. The molecule has 0 aromatic heterocycles. The average Bonchev–Trinajstić information content (AvgIpc) is 2.88. The van der Waals surface area contributed by atoms with Crippen LogP contribution in [0.15, 0.2) is 12.1 Å². The van der Waals surface area contributed by atoms with E-state index in [0.717, 1.165) is 0 Å². The molecule has 1 saturated heterocycles.